The number of pyridine rings is 1. The Labute approximate surface area is 199 Å². The zero-order chi connectivity index (χ0) is 23.2. The van der Waals surface area contributed by atoms with Gasteiger partial charge in [-0.25, -0.2) is 9.37 Å². The Morgan fingerprint density at radius 3 is 2.47 bits per heavy atom. The summed E-state index contributed by atoms with van der Waals surface area (Å²) in [6.07, 6.45) is 8.25. The van der Waals surface area contributed by atoms with Gasteiger partial charge in [-0.2, -0.15) is 4.98 Å². The SMILES string of the molecule is Cc1noc(-c2c(N3CCC(CC[C@@H]4CCOC4)CC3)nc3c(F)cc(C4CC4)cc3c2C)n1. The summed E-state index contributed by atoms with van der Waals surface area (Å²) in [6.45, 7) is 7.53. The first-order chi connectivity index (χ1) is 16.6. The number of piperidine rings is 1. The third-order valence-electron chi connectivity index (χ3n) is 8.02. The number of hydrogen-bond acceptors (Lipinski definition) is 6. The zero-order valence-corrected chi connectivity index (χ0v) is 20.1. The van der Waals surface area contributed by atoms with Crippen molar-refractivity contribution >= 4 is 16.7 Å². The number of benzene rings is 1. The second kappa shape index (κ2) is 8.91. The Bertz CT molecular complexity index is 1190. The number of halogens is 1. The minimum Gasteiger partial charge on any atom is -0.381 e. The summed E-state index contributed by atoms with van der Waals surface area (Å²) in [5.74, 6) is 3.54. The number of ether oxygens (including phenoxy) is 1. The lowest BCUT2D eigenvalue weighted by Gasteiger charge is -2.34. The summed E-state index contributed by atoms with van der Waals surface area (Å²) >= 11 is 0. The van der Waals surface area contributed by atoms with E-state index in [1.54, 1.807) is 6.07 Å². The van der Waals surface area contributed by atoms with Crippen molar-refractivity contribution < 1.29 is 13.7 Å². The van der Waals surface area contributed by atoms with E-state index < -0.39 is 0 Å². The van der Waals surface area contributed by atoms with E-state index in [4.69, 9.17) is 14.2 Å². The van der Waals surface area contributed by atoms with Crippen molar-refractivity contribution in [2.24, 2.45) is 11.8 Å². The quantitative estimate of drug-likeness (QED) is 0.449. The van der Waals surface area contributed by atoms with Gasteiger partial charge < -0.3 is 14.2 Å². The lowest BCUT2D eigenvalue weighted by Crippen LogP contribution is -2.35. The van der Waals surface area contributed by atoms with Crippen LogP contribution in [0.4, 0.5) is 10.2 Å². The summed E-state index contributed by atoms with van der Waals surface area (Å²) in [7, 11) is 0. The molecule has 3 fully saturated rings. The van der Waals surface area contributed by atoms with Gasteiger partial charge in [0.15, 0.2) is 5.82 Å². The summed E-state index contributed by atoms with van der Waals surface area (Å²) in [5.41, 5.74) is 3.33. The minimum atomic E-state index is -0.231. The van der Waals surface area contributed by atoms with Gasteiger partial charge in [0, 0.05) is 31.7 Å². The summed E-state index contributed by atoms with van der Waals surface area (Å²) in [5, 5.41) is 4.88. The summed E-state index contributed by atoms with van der Waals surface area (Å²) in [4.78, 5) is 11.7. The van der Waals surface area contributed by atoms with E-state index in [1.807, 2.05) is 13.8 Å². The minimum absolute atomic E-state index is 0.231. The fourth-order valence-electron chi connectivity index (χ4n) is 5.74. The number of fused-ring (bicyclic) bond motifs is 1. The van der Waals surface area contributed by atoms with Crippen molar-refractivity contribution in [1.82, 2.24) is 15.1 Å². The largest absolute Gasteiger partial charge is 0.381 e. The normalized spacial score (nSPS) is 21.6. The average molecular weight is 465 g/mol. The van der Waals surface area contributed by atoms with Crippen LogP contribution in [0.3, 0.4) is 0 Å². The van der Waals surface area contributed by atoms with Gasteiger partial charge >= 0.3 is 0 Å². The van der Waals surface area contributed by atoms with E-state index in [2.05, 4.69) is 21.1 Å². The standard InChI is InChI=1S/C27H33FN4O2/c1-16-22-13-21(20-5-6-20)14-23(28)25(22)30-26(24(16)27-29-17(2)31-34-27)32-10-7-18(8-11-32)3-4-19-9-12-33-15-19/h13-14,18-20H,3-12,15H2,1-2H3/t19-/m1/s1. The van der Waals surface area contributed by atoms with Crippen LogP contribution in [0.2, 0.25) is 0 Å². The molecule has 3 aromatic rings. The molecule has 1 aromatic carbocycles. The molecular formula is C27H33FN4O2. The molecule has 0 N–H and O–H groups in total. The van der Waals surface area contributed by atoms with Crippen LogP contribution < -0.4 is 4.90 Å². The van der Waals surface area contributed by atoms with Gasteiger partial charge in [-0.05, 0) is 99.8 Å². The Hall–Kier alpha value is -2.54. The predicted molar refractivity (Wildman–Crippen MR) is 130 cm³/mol. The van der Waals surface area contributed by atoms with Gasteiger partial charge in [-0.1, -0.05) is 5.16 Å². The third kappa shape index (κ3) is 4.19. The van der Waals surface area contributed by atoms with Gasteiger partial charge in [0.2, 0.25) is 0 Å². The number of nitrogens with zero attached hydrogens (tertiary/aromatic N) is 4. The van der Waals surface area contributed by atoms with Crippen molar-refractivity contribution in [3.8, 4) is 11.5 Å². The number of rotatable bonds is 6. The Kier molecular flexibility index (Phi) is 5.76. The van der Waals surface area contributed by atoms with Crippen LogP contribution in [-0.4, -0.2) is 41.4 Å². The molecular weight excluding hydrogens is 431 g/mol. The number of aromatic nitrogens is 3. The molecule has 4 heterocycles. The first-order valence-electron chi connectivity index (χ1n) is 12.8. The molecule has 34 heavy (non-hydrogen) atoms. The maximum Gasteiger partial charge on any atom is 0.261 e. The molecule has 2 saturated heterocycles. The van der Waals surface area contributed by atoms with E-state index in [0.717, 1.165) is 91.7 Å². The van der Waals surface area contributed by atoms with Crippen molar-refractivity contribution in [2.75, 3.05) is 31.2 Å². The Morgan fingerprint density at radius 1 is 1.00 bits per heavy atom. The highest BCUT2D eigenvalue weighted by Crippen LogP contribution is 2.44. The van der Waals surface area contributed by atoms with Crippen LogP contribution in [-0.2, 0) is 4.74 Å². The van der Waals surface area contributed by atoms with Crippen molar-refractivity contribution in [2.45, 2.75) is 64.7 Å². The summed E-state index contributed by atoms with van der Waals surface area (Å²) < 4.78 is 26.4. The number of hydrogen-bond donors (Lipinski definition) is 0. The molecule has 180 valence electrons. The molecule has 0 bridgehead atoms. The highest BCUT2D eigenvalue weighted by molar-refractivity contribution is 5.93. The van der Waals surface area contributed by atoms with Crippen LogP contribution in [0.25, 0.3) is 22.4 Å². The second-order valence-electron chi connectivity index (χ2n) is 10.5. The van der Waals surface area contributed by atoms with Gasteiger partial charge in [0.25, 0.3) is 5.89 Å². The molecule has 7 heteroatoms. The molecule has 6 nitrogen and oxygen atoms in total. The Balaban J connectivity index is 1.32. The zero-order valence-electron chi connectivity index (χ0n) is 20.1. The van der Waals surface area contributed by atoms with Gasteiger partial charge in [0.1, 0.15) is 17.2 Å². The maximum atomic E-state index is 15.3. The molecule has 1 saturated carbocycles. The number of anilines is 1. The molecule has 0 amide bonds. The van der Waals surface area contributed by atoms with E-state index in [1.165, 1.54) is 19.3 Å². The predicted octanol–water partition coefficient (Wildman–Crippen LogP) is 5.95. The molecule has 3 aliphatic rings. The van der Waals surface area contributed by atoms with Gasteiger partial charge in [-0.3, -0.25) is 0 Å². The molecule has 2 aromatic heterocycles. The van der Waals surface area contributed by atoms with E-state index in [0.29, 0.717) is 23.1 Å². The highest BCUT2D eigenvalue weighted by atomic mass is 19.1. The highest BCUT2D eigenvalue weighted by Gasteiger charge is 2.30. The van der Waals surface area contributed by atoms with E-state index >= 15 is 4.39 Å². The molecule has 6 rings (SSSR count). The third-order valence-corrected chi connectivity index (χ3v) is 8.02. The summed E-state index contributed by atoms with van der Waals surface area (Å²) in [6, 6.07) is 3.81. The van der Waals surface area contributed by atoms with Crippen LogP contribution >= 0.6 is 0 Å². The molecule has 2 aliphatic heterocycles. The maximum absolute atomic E-state index is 15.3. The topological polar surface area (TPSA) is 64.3 Å². The molecule has 1 aliphatic carbocycles. The first-order valence-corrected chi connectivity index (χ1v) is 12.8. The molecule has 1 atom stereocenters. The van der Waals surface area contributed by atoms with E-state index in [9.17, 15) is 0 Å². The average Bonchev–Trinajstić information content (AvgIpc) is 3.39. The smallest absolute Gasteiger partial charge is 0.261 e. The molecule has 0 radical (unpaired) electrons. The van der Waals surface area contributed by atoms with Gasteiger partial charge in [-0.15, -0.1) is 0 Å². The van der Waals surface area contributed by atoms with Crippen molar-refractivity contribution in [3.63, 3.8) is 0 Å². The van der Waals surface area contributed by atoms with Crippen LogP contribution in [0.15, 0.2) is 16.7 Å². The fraction of sp³-hybridized carbons (Fsp3) is 0.593. The lowest BCUT2D eigenvalue weighted by atomic mass is 9.88. The van der Waals surface area contributed by atoms with Crippen molar-refractivity contribution in [1.29, 1.82) is 0 Å². The first kappa shape index (κ1) is 22.0. The fourth-order valence-corrected chi connectivity index (χ4v) is 5.74. The van der Waals surface area contributed by atoms with Crippen LogP contribution in [0, 0.1) is 31.5 Å². The van der Waals surface area contributed by atoms with Crippen LogP contribution in [0.5, 0.6) is 0 Å². The molecule has 0 unspecified atom stereocenters. The lowest BCUT2D eigenvalue weighted by molar-refractivity contribution is 0.181. The van der Waals surface area contributed by atoms with Crippen molar-refractivity contribution in [3.05, 3.63) is 34.9 Å². The Morgan fingerprint density at radius 2 is 1.79 bits per heavy atom. The van der Waals surface area contributed by atoms with Gasteiger partial charge in [0.05, 0.1) is 5.56 Å². The second-order valence-corrected chi connectivity index (χ2v) is 10.5. The molecule has 0 spiro atoms. The van der Waals surface area contributed by atoms with Crippen LogP contribution in [0.1, 0.15) is 67.8 Å². The van der Waals surface area contributed by atoms with E-state index in [-0.39, 0.29) is 5.82 Å². The number of aryl methyl sites for hydroxylation is 2. The monoisotopic (exact) mass is 464 g/mol.